The highest BCUT2D eigenvalue weighted by Gasteiger charge is 2.42. The minimum absolute atomic E-state index is 0.0556. The Morgan fingerprint density at radius 1 is 1.13 bits per heavy atom. The summed E-state index contributed by atoms with van der Waals surface area (Å²) in [6.45, 7) is 15.7. The van der Waals surface area contributed by atoms with Crippen LogP contribution in [0.4, 0.5) is 0 Å². The average Bonchev–Trinajstić information content (AvgIpc) is 2.69. The molecule has 5 nitrogen and oxygen atoms in total. The zero-order valence-electron chi connectivity index (χ0n) is 19.1. The number of ether oxygens (including phenoxy) is 4. The number of methoxy groups -OCH3 is 1. The molecule has 0 unspecified atom stereocenters. The fourth-order valence-corrected chi connectivity index (χ4v) is 4.76. The highest BCUT2D eigenvalue weighted by atomic mass is 28.4. The van der Waals surface area contributed by atoms with Gasteiger partial charge in [-0.1, -0.05) is 51.1 Å². The predicted molar refractivity (Wildman–Crippen MR) is 121 cm³/mol. The largest absolute Gasteiger partial charge is 0.497 e. The summed E-state index contributed by atoms with van der Waals surface area (Å²) in [7, 11) is -0.275. The van der Waals surface area contributed by atoms with Crippen LogP contribution in [0.3, 0.4) is 0 Å². The third-order valence-corrected chi connectivity index (χ3v) is 10.8. The molecular weight excluding hydrogens is 396 g/mol. The lowest BCUT2D eigenvalue weighted by atomic mass is 10.0. The molecule has 1 fully saturated rings. The second-order valence-electron chi connectivity index (χ2n) is 9.49. The van der Waals surface area contributed by atoms with Crippen molar-refractivity contribution >= 4 is 8.32 Å². The van der Waals surface area contributed by atoms with Crippen molar-refractivity contribution in [2.45, 2.75) is 76.0 Å². The van der Waals surface area contributed by atoms with Crippen LogP contribution in [0, 0.1) is 0 Å². The van der Waals surface area contributed by atoms with Gasteiger partial charge in [0, 0.05) is 5.56 Å². The van der Waals surface area contributed by atoms with Gasteiger partial charge in [0.05, 0.1) is 19.8 Å². The van der Waals surface area contributed by atoms with Crippen molar-refractivity contribution in [3.05, 3.63) is 54.6 Å². The Morgan fingerprint density at radius 2 is 1.83 bits per heavy atom. The Hall–Kier alpha value is -1.44. The number of hydrogen-bond acceptors (Lipinski definition) is 5. The maximum Gasteiger partial charge on any atom is 0.192 e. The van der Waals surface area contributed by atoms with Crippen LogP contribution in [0.15, 0.2) is 49.1 Å². The van der Waals surface area contributed by atoms with Crippen LogP contribution in [0.25, 0.3) is 0 Å². The summed E-state index contributed by atoms with van der Waals surface area (Å²) in [6, 6.07) is 7.75. The molecule has 1 saturated heterocycles. The lowest BCUT2D eigenvalue weighted by Gasteiger charge is -2.43. The standard InChI is InChI=1S/C24H36O5Si/c1-8-19-21(29-30(6,7)24(2,3)4)11-9-10-20-22(27-19)16-26-23(28-20)17-12-14-18(25-5)15-13-17/h8-10,12-15,19-23H,1,11,16H2,2-7H3/b10-9-/t19-,20-,21+,22+,23+/m0/s1. The number of benzene rings is 1. The van der Waals surface area contributed by atoms with Crippen LogP contribution in [0.1, 0.15) is 39.0 Å². The minimum atomic E-state index is -1.93. The van der Waals surface area contributed by atoms with E-state index >= 15 is 0 Å². The van der Waals surface area contributed by atoms with Crippen LogP contribution in [-0.2, 0) is 18.6 Å². The first-order chi connectivity index (χ1) is 14.1. The van der Waals surface area contributed by atoms with Gasteiger partial charge in [-0.05, 0) is 36.7 Å². The van der Waals surface area contributed by atoms with Crippen molar-refractivity contribution < 1.29 is 23.4 Å². The molecule has 0 radical (unpaired) electrons. The van der Waals surface area contributed by atoms with Crippen LogP contribution < -0.4 is 4.74 Å². The first kappa shape index (κ1) is 23.2. The molecule has 1 aromatic rings. The van der Waals surface area contributed by atoms with Crippen molar-refractivity contribution in [3.63, 3.8) is 0 Å². The van der Waals surface area contributed by atoms with Crippen molar-refractivity contribution in [1.82, 2.24) is 0 Å². The summed E-state index contributed by atoms with van der Waals surface area (Å²) in [5.41, 5.74) is 0.962. The fourth-order valence-electron chi connectivity index (χ4n) is 3.42. The molecule has 3 rings (SSSR count). The molecule has 0 spiro atoms. The molecule has 2 aliphatic heterocycles. The van der Waals surface area contributed by atoms with Gasteiger partial charge in [0.1, 0.15) is 24.1 Å². The second kappa shape index (κ2) is 9.36. The maximum atomic E-state index is 6.67. The fraction of sp³-hybridized carbons (Fsp3) is 0.583. The quantitative estimate of drug-likeness (QED) is 0.460. The third kappa shape index (κ3) is 5.24. The summed E-state index contributed by atoms with van der Waals surface area (Å²) < 4.78 is 30.5. The van der Waals surface area contributed by atoms with E-state index in [9.17, 15) is 0 Å². The van der Waals surface area contributed by atoms with E-state index in [-0.39, 0.29) is 29.5 Å². The van der Waals surface area contributed by atoms with Crippen LogP contribution >= 0.6 is 0 Å². The highest BCUT2D eigenvalue weighted by Crippen LogP contribution is 2.39. The molecule has 5 atom stereocenters. The number of hydrogen-bond donors (Lipinski definition) is 0. The normalized spacial score (nSPS) is 31.2. The Bertz CT molecular complexity index is 737. The van der Waals surface area contributed by atoms with Gasteiger partial charge in [-0.25, -0.2) is 0 Å². The van der Waals surface area contributed by atoms with E-state index in [0.29, 0.717) is 6.61 Å². The SMILES string of the molecule is C=C[C@@H]1O[C@@H]2CO[C@@H](c3ccc(OC)cc3)O[C@H]2/C=C\C[C@H]1O[Si](C)(C)C(C)(C)C. The van der Waals surface area contributed by atoms with E-state index in [1.54, 1.807) is 7.11 Å². The summed E-state index contributed by atoms with van der Waals surface area (Å²) in [6.07, 6.45) is 5.79. The zero-order valence-corrected chi connectivity index (χ0v) is 20.1. The number of fused-ring (bicyclic) bond motifs is 1. The van der Waals surface area contributed by atoms with E-state index in [1.807, 2.05) is 30.3 Å². The Balaban J connectivity index is 1.72. The topological polar surface area (TPSA) is 46.2 Å². The van der Waals surface area contributed by atoms with E-state index in [0.717, 1.165) is 17.7 Å². The molecule has 0 N–H and O–H groups in total. The molecule has 6 heteroatoms. The molecule has 0 amide bonds. The van der Waals surface area contributed by atoms with Gasteiger partial charge in [-0.2, -0.15) is 0 Å². The summed E-state index contributed by atoms with van der Waals surface area (Å²) in [5.74, 6) is 0.809. The third-order valence-electron chi connectivity index (χ3n) is 6.32. The Kier molecular flexibility index (Phi) is 7.25. The molecule has 0 saturated carbocycles. The molecule has 0 bridgehead atoms. The van der Waals surface area contributed by atoms with E-state index in [2.05, 4.69) is 52.6 Å². The molecule has 0 aromatic heterocycles. The van der Waals surface area contributed by atoms with Crippen LogP contribution in [-0.4, -0.2) is 46.4 Å². The van der Waals surface area contributed by atoms with Crippen molar-refractivity contribution in [3.8, 4) is 5.75 Å². The second-order valence-corrected chi connectivity index (χ2v) is 14.3. The molecule has 0 aliphatic carbocycles. The first-order valence-electron chi connectivity index (χ1n) is 10.7. The Morgan fingerprint density at radius 3 is 2.43 bits per heavy atom. The van der Waals surface area contributed by atoms with Crippen LogP contribution in [0.5, 0.6) is 5.75 Å². The molecular formula is C24H36O5Si. The maximum absolute atomic E-state index is 6.67. The van der Waals surface area contributed by atoms with Crippen molar-refractivity contribution in [1.29, 1.82) is 0 Å². The smallest absolute Gasteiger partial charge is 0.192 e. The average molecular weight is 433 g/mol. The summed E-state index contributed by atoms with van der Waals surface area (Å²) >= 11 is 0. The van der Waals surface area contributed by atoms with E-state index in [1.165, 1.54) is 0 Å². The van der Waals surface area contributed by atoms with Gasteiger partial charge < -0.3 is 23.4 Å². The predicted octanol–water partition coefficient (Wildman–Crippen LogP) is 5.40. The lowest BCUT2D eigenvalue weighted by Crippen LogP contribution is -2.50. The van der Waals surface area contributed by atoms with E-state index < -0.39 is 14.6 Å². The van der Waals surface area contributed by atoms with Gasteiger partial charge in [0.25, 0.3) is 0 Å². The summed E-state index contributed by atoms with van der Waals surface area (Å²) in [5, 5.41) is 0.135. The van der Waals surface area contributed by atoms with Crippen molar-refractivity contribution in [2.24, 2.45) is 0 Å². The molecule has 166 valence electrons. The van der Waals surface area contributed by atoms with Crippen LogP contribution in [0.2, 0.25) is 18.1 Å². The lowest BCUT2D eigenvalue weighted by molar-refractivity contribution is -0.262. The molecule has 2 aliphatic rings. The molecule has 30 heavy (non-hydrogen) atoms. The molecule has 1 aromatic carbocycles. The zero-order chi connectivity index (χ0) is 21.9. The number of rotatable bonds is 5. The molecule has 2 heterocycles. The van der Waals surface area contributed by atoms with Crippen molar-refractivity contribution in [2.75, 3.05) is 13.7 Å². The van der Waals surface area contributed by atoms with E-state index in [4.69, 9.17) is 23.4 Å². The van der Waals surface area contributed by atoms with Gasteiger partial charge in [0.2, 0.25) is 0 Å². The minimum Gasteiger partial charge on any atom is -0.497 e. The van der Waals surface area contributed by atoms with Gasteiger partial charge >= 0.3 is 0 Å². The van der Waals surface area contributed by atoms with Gasteiger partial charge in [-0.15, -0.1) is 6.58 Å². The Labute approximate surface area is 182 Å². The summed E-state index contributed by atoms with van der Waals surface area (Å²) in [4.78, 5) is 0. The highest BCUT2D eigenvalue weighted by molar-refractivity contribution is 6.74. The first-order valence-corrected chi connectivity index (χ1v) is 13.6. The monoisotopic (exact) mass is 432 g/mol. The van der Waals surface area contributed by atoms with Gasteiger partial charge in [-0.3, -0.25) is 0 Å². The van der Waals surface area contributed by atoms with Gasteiger partial charge in [0.15, 0.2) is 14.6 Å².